The summed E-state index contributed by atoms with van der Waals surface area (Å²) < 4.78 is 0. The van der Waals surface area contributed by atoms with E-state index in [0.717, 1.165) is 0 Å². The molecule has 0 aliphatic rings. The normalized spacial score (nSPS) is 11.3. The lowest BCUT2D eigenvalue weighted by Gasteiger charge is -2.02. The van der Waals surface area contributed by atoms with Crippen LogP contribution in [0.25, 0.3) is 10.4 Å². The molecular formula is C4H8N4O2. The maximum absolute atomic E-state index is 10.2. The van der Waals surface area contributed by atoms with E-state index in [4.69, 9.17) is 10.6 Å². The molecule has 0 aromatic heterocycles. The molecule has 0 radical (unpaired) electrons. The first-order valence-corrected chi connectivity index (χ1v) is 2.74. The monoisotopic (exact) mass is 144 g/mol. The van der Waals surface area contributed by atoms with Gasteiger partial charge in [-0.25, -0.2) is 10.2 Å². The van der Waals surface area contributed by atoms with Crippen molar-refractivity contribution in [1.82, 2.24) is 5.43 Å². The minimum Gasteiger partial charge on any atom is -0.478 e. The fourth-order valence-corrected chi connectivity index (χ4v) is 0.417. The zero-order valence-corrected chi connectivity index (χ0v) is 5.48. The van der Waals surface area contributed by atoms with E-state index < -0.39 is 12.0 Å². The molecule has 0 spiro atoms. The van der Waals surface area contributed by atoms with Gasteiger partial charge in [0, 0.05) is 0 Å². The molecule has 0 heterocycles. The zero-order chi connectivity index (χ0) is 7.98. The van der Waals surface area contributed by atoms with Crippen LogP contribution in [0.5, 0.6) is 0 Å². The van der Waals surface area contributed by atoms with Gasteiger partial charge in [-0.15, -0.1) is 5.53 Å². The number of hydrogen-bond donors (Lipinski definition) is 2. The standard InChI is InChI=1S/C4H8N4O2/c1-2-3(4(9)10)6-8-7-5/h3,6H,2H2,1H3,(H,9,10)/t3-/m1/s1. The predicted molar refractivity (Wildman–Crippen MR) is 34.0 cm³/mol. The SMILES string of the molecule is CC[C@@H](NN=[N+]=[N-])C(=O)O. The Balaban J connectivity index is 3.82. The molecule has 0 saturated heterocycles. The van der Waals surface area contributed by atoms with Crippen molar-refractivity contribution in [2.75, 3.05) is 0 Å². The predicted octanol–water partition coefficient (Wildman–Crippen LogP) is 0.664. The molecule has 6 nitrogen and oxygen atoms in total. The summed E-state index contributed by atoms with van der Waals surface area (Å²) in [6, 6.07) is -0.782. The Kier molecular flexibility index (Phi) is 3.83. The molecule has 56 valence electrons. The van der Waals surface area contributed by atoms with E-state index in [1.54, 1.807) is 6.92 Å². The van der Waals surface area contributed by atoms with Gasteiger partial charge >= 0.3 is 5.97 Å². The summed E-state index contributed by atoms with van der Waals surface area (Å²) in [7, 11) is 0. The maximum Gasteiger partial charge on any atom is 0.349 e. The van der Waals surface area contributed by atoms with Gasteiger partial charge in [0.25, 0.3) is 0 Å². The Labute approximate surface area is 57.4 Å². The summed E-state index contributed by atoms with van der Waals surface area (Å²) >= 11 is 0. The lowest BCUT2D eigenvalue weighted by molar-refractivity contribution is -0.139. The minimum atomic E-state index is -1.02. The molecule has 0 aromatic rings. The van der Waals surface area contributed by atoms with Crippen molar-refractivity contribution in [2.24, 2.45) is 5.22 Å². The van der Waals surface area contributed by atoms with Gasteiger partial charge in [-0.05, 0) is 11.6 Å². The Morgan fingerprint density at radius 1 is 2.00 bits per heavy atom. The van der Waals surface area contributed by atoms with Crippen LogP contribution in [0.4, 0.5) is 0 Å². The Bertz CT molecular complexity index is 163. The van der Waals surface area contributed by atoms with Crippen LogP contribution in [-0.4, -0.2) is 17.1 Å². The minimum absolute atomic E-state index is 0.383. The number of carboxylic acids is 1. The molecule has 0 aromatic carbocycles. The van der Waals surface area contributed by atoms with Crippen LogP contribution in [0.1, 0.15) is 13.3 Å². The van der Waals surface area contributed by atoms with Gasteiger partial charge in [0.1, 0.15) is 0 Å². The highest BCUT2D eigenvalue weighted by Gasteiger charge is 2.15. The number of nitrogens with zero attached hydrogens (tertiary/aromatic N) is 3. The van der Waals surface area contributed by atoms with Crippen molar-refractivity contribution in [1.29, 1.82) is 0 Å². The Morgan fingerprint density at radius 2 is 2.60 bits per heavy atom. The smallest absolute Gasteiger partial charge is 0.349 e. The van der Waals surface area contributed by atoms with Crippen molar-refractivity contribution >= 4 is 5.97 Å². The van der Waals surface area contributed by atoms with Crippen molar-refractivity contribution in [3.05, 3.63) is 10.4 Å². The summed E-state index contributed by atoms with van der Waals surface area (Å²) in [5, 5.41) is 11.3. The quantitative estimate of drug-likeness (QED) is 0.262. The first kappa shape index (κ1) is 8.58. The molecule has 0 aliphatic heterocycles. The van der Waals surface area contributed by atoms with Gasteiger partial charge in [0.05, 0.1) is 0 Å². The molecule has 0 fully saturated rings. The fourth-order valence-electron chi connectivity index (χ4n) is 0.417. The van der Waals surface area contributed by atoms with E-state index in [2.05, 4.69) is 15.6 Å². The number of rotatable bonds is 4. The van der Waals surface area contributed by atoms with Crippen LogP contribution in [0.2, 0.25) is 0 Å². The largest absolute Gasteiger partial charge is 0.478 e. The third-order valence-electron chi connectivity index (χ3n) is 0.965. The van der Waals surface area contributed by atoms with Gasteiger partial charge in [-0.3, -0.25) is 0 Å². The van der Waals surface area contributed by atoms with Gasteiger partial charge in [0.15, 0.2) is 6.04 Å². The number of aliphatic carboxylic acids is 1. The Hall–Kier alpha value is -1.42. The maximum atomic E-state index is 10.2. The fraction of sp³-hybridized carbons (Fsp3) is 0.750. The van der Waals surface area contributed by atoms with Crippen molar-refractivity contribution in [3.8, 4) is 0 Å². The molecule has 6 heteroatoms. The highest BCUT2D eigenvalue weighted by Crippen LogP contribution is 1.89. The Morgan fingerprint density at radius 3 is 2.90 bits per heavy atom. The van der Waals surface area contributed by atoms with E-state index in [-0.39, 0.29) is 0 Å². The number of nitrogens with one attached hydrogen (secondary N) is 1. The van der Waals surface area contributed by atoms with E-state index >= 15 is 0 Å². The van der Waals surface area contributed by atoms with Gasteiger partial charge in [-0.2, -0.15) is 4.91 Å². The first-order chi connectivity index (χ1) is 4.72. The summed E-state index contributed by atoms with van der Waals surface area (Å²) in [6.45, 7) is 1.68. The molecular weight excluding hydrogens is 136 g/mol. The molecule has 0 saturated carbocycles. The molecule has 0 amide bonds. The number of hydrogen-bond acceptors (Lipinski definition) is 2. The van der Waals surface area contributed by atoms with E-state index in [9.17, 15) is 4.79 Å². The second-order valence-corrected chi connectivity index (χ2v) is 1.62. The van der Waals surface area contributed by atoms with Crippen LogP contribution in [0.15, 0.2) is 5.22 Å². The average Bonchev–Trinajstić information content (AvgIpc) is 1.89. The molecule has 0 bridgehead atoms. The number of carbonyl (C=O) groups is 1. The van der Waals surface area contributed by atoms with Crippen LogP contribution in [0, 0.1) is 0 Å². The number of carboxylic acid groups (broad SMARTS) is 1. The van der Waals surface area contributed by atoms with Crippen LogP contribution in [0.3, 0.4) is 0 Å². The van der Waals surface area contributed by atoms with E-state index in [1.165, 1.54) is 0 Å². The molecule has 2 N–H and O–H groups in total. The summed E-state index contributed by atoms with van der Waals surface area (Å²) in [5.74, 6) is -1.02. The average molecular weight is 144 g/mol. The first-order valence-electron chi connectivity index (χ1n) is 2.74. The van der Waals surface area contributed by atoms with Crippen molar-refractivity contribution in [2.45, 2.75) is 19.4 Å². The second-order valence-electron chi connectivity index (χ2n) is 1.62. The molecule has 0 aliphatic carbocycles. The third-order valence-corrected chi connectivity index (χ3v) is 0.965. The zero-order valence-electron chi connectivity index (χ0n) is 5.48. The van der Waals surface area contributed by atoms with E-state index in [1.807, 2.05) is 0 Å². The van der Waals surface area contributed by atoms with Gasteiger partial charge < -0.3 is 5.11 Å². The molecule has 0 unspecified atom stereocenters. The highest BCUT2D eigenvalue weighted by atomic mass is 16.4. The van der Waals surface area contributed by atoms with E-state index in [0.29, 0.717) is 6.42 Å². The lowest BCUT2D eigenvalue weighted by Crippen LogP contribution is -2.31. The van der Waals surface area contributed by atoms with Crippen LogP contribution < -0.4 is 5.43 Å². The topological polar surface area (TPSA) is 98.1 Å². The van der Waals surface area contributed by atoms with Crippen molar-refractivity contribution in [3.63, 3.8) is 0 Å². The van der Waals surface area contributed by atoms with Gasteiger partial charge in [-0.1, -0.05) is 6.92 Å². The van der Waals surface area contributed by atoms with Crippen molar-refractivity contribution < 1.29 is 9.90 Å². The third kappa shape index (κ3) is 2.78. The summed E-state index contributed by atoms with van der Waals surface area (Å²) in [4.78, 5) is 12.5. The molecule has 1 atom stereocenters. The molecule has 10 heavy (non-hydrogen) atoms. The van der Waals surface area contributed by atoms with Gasteiger partial charge in [0.2, 0.25) is 0 Å². The second kappa shape index (κ2) is 4.46. The van der Waals surface area contributed by atoms with Crippen LogP contribution >= 0.6 is 0 Å². The molecule has 0 rings (SSSR count). The highest BCUT2D eigenvalue weighted by molar-refractivity contribution is 5.73. The van der Waals surface area contributed by atoms with Crippen LogP contribution in [-0.2, 0) is 4.79 Å². The summed E-state index contributed by atoms with van der Waals surface area (Å²) in [5.41, 5.74) is 9.92. The summed E-state index contributed by atoms with van der Waals surface area (Å²) in [6.07, 6.45) is 0.383. The lowest BCUT2D eigenvalue weighted by atomic mass is 10.2. The number of azide groups is 1.